The van der Waals surface area contributed by atoms with Crippen molar-refractivity contribution in [2.75, 3.05) is 23.4 Å². The van der Waals surface area contributed by atoms with Gasteiger partial charge in [-0.25, -0.2) is 9.37 Å². The van der Waals surface area contributed by atoms with Crippen molar-refractivity contribution >= 4 is 34.0 Å². The van der Waals surface area contributed by atoms with E-state index in [4.69, 9.17) is 0 Å². The summed E-state index contributed by atoms with van der Waals surface area (Å²) in [5.74, 6) is -0.146. The lowest BCUT2D eigenvalue weighted by molar-refractivity contribution is -0.119. The standard InChI is InChI=1S/C24H22FN3O2S/c1-27(22(29)15-6-9-19(25)10-7-15)24-26-20(14-31-24)17-8-11-21-18(13-17)3-2-12-28(21)23(30)16-4-5-16/h6-11,13-14,16H,2-5,12H2,1H3. The Morgan fingerprint density at radius 2 is 1.94 bits per heavy atom. The lowest BCUT2D eigenvalue weighted by atomic mass is 9.98. The number of rotatable bonds is 4. The highest BCUT2D eigenvalue weighted by atomic mass is 32.1. The van der Waals surface area contributed by atoms with Crippen LogP contribution in [-0.4, -0.2) is 30.4 Å². The molecule has 158 valence electrons. The second-order valence-electron chi connectivity index (χ2n) is 8.10. The summed E-state index contributed by atoms with van der Waals surface area (Å²) in [5, 5.41) is 2.51. The second kappa shape index (κ2) is 7.89. The third kappa shape index (κ3) is 3.85. The van der Waals surface area contributed by atoms with E-state index in [0.717, 1.165) is 49.2 Å². The number of aromatic nitrogens is 1. The molecule has 0 N–H and O–H groups in total. The van der Waals surface area contributed by atoms with Crippen LogP contribution in [-0.2, 0) is 11.2 Å². The summed E-state index contributed by atoms with van der Waals surface area (Å²) < 4.78 is 13.1. The molecule has 31 heavy (non-hydrogen) atoms. The molecule has 5 rings (SSSR count). The fourth-order valence-electron chi connectivity index (χ4n) is 3.96. The molecule has 7 heteroatoms. The number of fused-ring (bicyclic) bond motifs is 1. The lowest BCUT2D eigenvalue weighted by Gasteiger charge is -2.30. The molecule has 2 heterocycles. The van der Waals surface area contributed by atoms with Gasteiger partial charge in [-0.3, -0.25) is 14.5 Å². The molecule has 2 amide bonds. The van der Waals surface area contributed by atoms with Crippen LogP contribution in [0.15, 0.2) is 47.8 Å². The van der Waals surface area contributed by atoms with E-state index in [1.54, 1.807) is 7.05 Å². The average Bonchev–Trinajstić information content (AvgIpc) is 3.53. The van der Waals surface area contributed by atoms with Crippen LogP contribution in [0.1, 0.15) is 35.2 Å². The molecule has 0 bridgehead atoms. The first-order chi connectivity index (χ1) is 15.0. The molecule has 0 spiro atoms. The SMILES string of the molecule is CN(C(=O)c1ccc(F)cc1)c1nc(-c2ccc3c(c2)CCCN3C(=O)C2CC2)cs1. The minimum Gasteiger partial charge on any atom is -0.312 e. The van der Waals surface area contributed by atoms with Gasteiger partial charge < -0.3 is 4.90 Å². The number of carbonyl (C=O) groups is 2. The molecular weight excluding hydrogens is 413 g/mol. The fourth-order valence-corrected chi connectivity index (χ4v) is 4.76. The zero-order valence-corrected chi connectivity index (χ0v) is 18.0. The van der Waals surface area contributed by atoms with Crippen LogP contribution in [0, 0.1) is 11.7 Å². The number of hydrogen-bond acceptors (Lipinski definition) is 4. The fraction of sp³-hybridized carbons (Fsp3) is 0.292. The number of benzene rings is 2. The summed E-state index contributed by atoms with van der Waals surface area (Å²) in [5.41, 5.74) is 4.38. The van der Waals surface area contributed by atoms with Gasteiger partial charge in [0.25, 0.3) is 5.91 Å². The van der Waals surface area contributed by atoms with Gasteiger partial charge in [-0.1, -0.05) is 6.07 Å². The van der Waals surface area contributed by atoms with E-state index in [1.807, 2.05) is 22.4 Å². The van der Waals surface area contributed by atoms with E-state index in [1.165, 1.54) is 46.1 Å². The van der Waals surface area contributed by atoms with Crippen LogP contribution in [0.25, 0.3) is 11.3 Å². The third-order valence-electron chi connectivity index (χ3n) is 5.86. The van der Waals surface area contributed by atoms with Gasteiger partial charge in [0.15, 0.2) is 5.13 Å². The van der Waals surface area contributed by atoms with E-state index in [2.05, 4.69) is 11.1 Å². The average molecular weight is 436 g/mol. The molecule has 1 saturated carbocycles. The number of anilines is 2. The summed E-state index contributed by atoms with van der Waals surface area (Å²) in [6.45, 7) is 0.790. The molecule has 2 aromatic carbocycles. The van der Waals surface area contributed by atoms with Crippen molar-refractivity contribution in [3.63, 3.8) is 0 Å². The van der Waals surface area contributed by atoms with Gasteiger partial charge >= 0.3 is 0 Å². The first-order valence-electron chi connectivity index (χ1n) is 10.4. The van der Waals surface area contributed by atoms with Gasteiger partial charge in [-0.2, -0.15) is 0 Å². The number of thiazole rings is 1. The molecule has 0 saturated heterocycles. The highest BCUT2D eigenvalue weighted by Gasteiger charge is 2.35. The number of nitrogens with zero attached hydrogens (tertiary/aromatic N) is 3. The maximum Gasteiger partial charge on any atom is 0.259 e. The normalized spacial score (nSPS) is 15.5. The highest BCUT2D eigenvalue weighted by Crippen LogP contribution is 2.37. The van der Waals surface area contributed by atoms with Crippen molar-refractivity contribution in [1.29, 1.82) is 0 Å². The highest BCUT2D eigenvalue weighted by molar-refractivity contribution is 7.14. The van der Waals surface area contributed by atoms with Gasteiger partial charge in [0, 0.05) is 41.7 Å². The summed E-state index contributed by atoms with van der Waals surface area (Å²) in [7, 11) is 1.67. The number of amides is 2. The van der Waals surface area contributed by atoms with Crippen molar-refractivity contribution < 1.29 is 14.0 Å². The van der Waals surface area contributed by atoms with Gasteiger partial charge in [0.1, 0.15) is 5.82 Å². The molecule has 0 atom stereocenters. The zero-order valence-electron chi connectivity index (χ0n) is 17.2. The number of hydrogen-bond donors (Lipinski definition) is 0. The Kier molecular flexibility index (Phi) is 5.06. The molecule has 1 aromatic heterocycles. The van der Waals surface area contributed by atoms with Crippen molar-refractivity contribution in [1.82, 2.24) is 4.98 Å². The summed E-state index contributed by atoms with van der Waals surface area (Å²) >= 11 is 1.39. The zero-order chi connectivity index (χ0) is 21.5. The van der Waals surface area contributed by atoms with Crippen LogP contribution in [0.3, 0.4) is 0 Å². The maximum atomic E-state index is 13.1. The first kappa shape index (κ1) is 19.9. The van der Waals surface area contributed by atoms with Gasteiger partial charge in [0.2, 0.25) is 5.91 Å². The molecule has 2 aliphatic rings. The Bertz CT molecular complexity index is 1150. The van der Waals surface area contributed by atoms with E-state index in [0.29, 0.717) is 10.7 Å². The minimum absolute atomic E-state index is 0.209. The molecular formula is C24H22FN3O2S. The third-order valence-corrected chi connectivity index (χ3v) is 6.78. The molecule has 0 radical (unpaired) electrons. The van der Waals surface area contributed by atoms with Crippen molar-refractivity contribution in [3.05, 3.63) is 64.8 Å². The molecule has 0 unspecified atom stereocenters. The predicted octanol–water partition coefficient (Wildman–Crippen LogP) is 4.92. The Balaban J connectivity index is 1.37. The molecule has 1 aliphatic carbocycles. The van der Waals surface area contributed by atoms with E-state index in [-0.39, 0.29) is 23.5 Å². The van der Waals surface area contributed by atoms with Gasteiger partial charge in [0.05, 0.1) is 5.69 Å². The van der Waals surface area contributed by atoms with Crippen LogP contribution in [0.5, 0.6) is 0 Å². The van der Waals surface area contributed by atoms with Crippen LogP contribution in [0.2, 0.25) is 0 Å². The Hall–Kier alpha value is -3.06. The Labute approximate surface area is 184 Å². The van der Waals surface area contributed by atoms with E-state index < -0.39 is 0 Å². The van der Waals surface area contributed by atoms with Gasteiger partial charge in [-0.15, -0.1) is 11.3 Å². The first-order valence-corrected chi connectivity index (χ1v) is 11.3. The Morgan fingerprint density at radius 3 is 2.68 bits per heavy atom. The smallest absolute Gasteiger partial charge is 0.259 e. The number of carbonyl (C=O) groups excluding carboxylic acids is 2. The topological polar surface area (TPSA) is 53.5 Å². The Morgan fingerprint density at radius 1 is 1.16 bits per heavy atom. The van der Waals surface area contributed by atoms with Crippen molar-refractivity contribution in [2.45, 2.75) is 25.7 Å². The van der Waals surface area contributed by atoms with Crippen LogP contribution in [0.4, 0.5) is 15.2 Å². The van der Waals surface area contributed by atoms with Crippen LogP contribution < -0.4 is 9.80 Å². The molecule has 5 nitrogen and oxygen atoms in total. The second-order valence-corrected chi connectivity index (χ2v) is 8.93. The predicted molar refractivity (Wildman–Crippen MR) is 120 cm³/mol. The maximum absolute atomic E-state index is 13.1. The molecule has 3 aromatic rings. The monoisotopic (exact) mass is 435 g/mol. The van der Waals surface area contributed by atoms with E-state index in [9.17, 15) is 14.0 Å². The van der Waals surface area contributed by atoms with Crippen LogP contribution >= 0.6 is 11.3 Å². The summed E-state index contributed by atoms with van der Waals surface area (Å²) in [4.78, 5) is 33.4. The number of halogens is 1. The molecule has 1 fully saturated rings. The largest absolute Gasteiger partial charge is 0.312 e. The number of aryl methyl sites for hydroxylation is 1. The molecule has 1 aliphatic heterocycles. The summed E-state index contributed by atoms with van der Waals surface area (Å²) in [6.07, 6.45) is 3.92. The lowest BCUT2D eigenvalue weighted by Crippen LogP contribution is -2.36. The summed E-state index contributed by atoms with van der Waals surface area (Å²) in [6, 6.07) is 11.6. The quantitative estimate of drug-likeness (QED) is 0.585. The minimum atomic E-state index is -0.374. The van der Waals surface area contributed by atoms with E-state index >= 15 is 0 Å². The van der Waals surface area contributed by atoms with Crippen molar-refractivity contribution in [2.24, 2.45) is 5.92 Å². The van der Waals surface area contributed by atoms with Gasteiger partial charge in [-0.05, 0) is 67.6 Å². The van der Waals surface area contributed by atoms with Crippen molar-refractivity contribution in [3.8, 4) is 11.3 Å².